The molecule has 3 aromatic rings. The number of nitriles is 1. The van der Waals surface area contributed by atoms with Crippen molar-refractivity contribution in [2.45, 2.75) is 0 Å². The Kier molecular flexibility index (Phi) is 3.34. The lowest BCUT2D eigenvalue weighted by molar-refractivity contribution is 0.100. The average Bonchev–Trinajstić information content (AvgIpc) is 2.99. The van der Waals surface area contributed by atoms with Crippen molar-refractivity contribution in [3.8, 4) is 23.0 Å². The van der Waals surface area contributed by atoms with Crippen LogP contribution < -0.4 is 5.73 Å². The maximum atomic E-state index is 11.1. The first kappa shape index (κ1) is 13.5. The van der Waals surface area contributed by atoms with Crippen molar-refractivity contribution in [3.05, 3.63) is 60.0 Å². The number of nitrogens with zero attached hydrogens (tertiary/aromatic N) is 5. The highest BCUT2D eigenvalue weighted by molar-refractivity contribution is 5.92. The van der Waals surface area contributed by atoms with Crippen LogP contribution in [0.25, 0.3) is 16.9 Å². The third kappa shape index (κ3) is 2.29. The topological polar surface area (TPSA) is 110 Å². The van der Waals surface area contributed by atoms with Gasteiger partial charge in [0.1, 0.15) is 11.8 Å². The van der Waals surface area contributed by atoms with Gasteiger partial charge in [-0.05, 0) is 36.4 Å². The molecule has 0 unspecified atom stereocenters. The van der Waals surface area contributed by atoms with Crippen LogP contribution in [0.15, 0.2) is 48.8 Å². The number of amides is 1. The number of hydrogen-bond acceptors (Lipinski definition) is 5. The van der Waals surface area contributed by atoms with E-state index in [2.05, 4.69) is 15.3 Å². The van der Waals surface area contributed by atoms with E-state index in [9.17, 15) is 10.1 Å². The Morgan fingerprint density at radius 2 is 1.82 bits per heavy atom. The SMILES string of the molecule is N#Cc1nnn(-c2ccc(C(N)=O)cc2)c1-c1ccncc1. The number of rotatable bonds is 3. The van der Waals surface area contributed by atoms with Gasteiger partial charge in [-0.15, -0.1) is 5.10 Å². The van der Waals surface area contributed by atoms with E-state index >= 15 is 0 Å². The second-order valence-electron chi connectivity index (χ2n) is 4.46. The number of pyridine rings is 1. The summed E-state index contributed by atoms with van der Waals surface area (Å²) in [6, 6.07) is 12.2. The summed E-state index contributed by atoms with van der Waals surface area (Å²) in [6.45, 7) is 0. The molecule has 2 heterocycles. The van der Waals surface area contributed by atoms with Gasteiger partial charge in [0.05, 0.1) is 5.69 Å². The zero-order valence-corrected chi connectivity index (χ0v) is 11.3. The summed E-state index contributed by atoms with van der Waals surface area (Å²) in [6.07, 6.45) is 3.26. The number of carbonyl (C=O) groups excluding carboxylic acids is 1. The fourth-order valence-corrected chi connectivity index (χ4v) is 2.07. The van der Waals surface area contributed by atoms with Gasteiger partial charge in [0.15, 0.2) is 5.69 Å². The molecule has 0 aliphatic carbocycles. The van der Waals surface area contributed by atoms with Crippen LogP contribution in [0.1, 0.15) is 16.1 Å². The summed E-state index contributed by atoms with van der Waals surface area (Å²) < 4.78 is 1.54. The quantitative estimate of drug-likeness (QED) is 0.781. The molecule has 7 heteroatoms. The van der Waals surface area contributed by atoms with Crippen LogP contribution >= 0.6 is 0 Å². The standard InChI is InChI=1S/C15H10N6O/c16-9-13-14(10-5-7-18-8-6-10)21(20-19-13)12-3-1-11(2-4-12)15(17)22/h1-8H,(H2,17,22). The van der Waals surface area contributed by atoms with Crippen molar-refractivity contribution >= 4 is 5.91 Å². The molecule has 2 aromatic heterocycles. The minimum atomic E-state index is -0.503. The first-order valence-corrected chi connectivity index (χ1v) is 6.37. The molecular formula is C15H10N6O. The number of primary amides is 1. The molecule has 0 bridgehead atoms. The minimum absolute atomic E-state index is 0.213. The Hall–Kier alpha value is -3.53. The van der Waals surface area contributed by atoms with Crippen LogP contribution in [-0.4, -0.2) is 25.9 Å². The van der Waals surface area contributed by atoms with E-state index in [1.54, 1.807) is 53.5 Å². The van der Waals surface area contributed by atoms with E-state index in [-0.39, 0.29) is 5.69 Å². The van der Waals surface area contributed by atoms with Gasteiger partial charge >= 0.3 is 0 Å². The third-order valence-electron chi connectivity index (χ3n) is 3.13. The molecule has 2 N–H and O–H groups in total. The Labute approximate surface area is 125 Å². The molecule has 1 amide bonds. The van der Waals surface area contributed by atoms with Crippen molar-refractivity contribution in [1.29, 1.82) is 5.26 Å². The summed E-state index contributed by atoms with van der Waals surface area (Å²) in [4.78, 5) is 15.1. The van der Waals surface area contributed by atoms with Crippen LogP contribution in [0.3, 0.4) is 0 Å². The van der Waals surface area contributed by atoms with Crippen LogP contribution in [0, 0.1) is 11.3 Å². The summed E-state index contributed by atoms with van der Waals surface area (Å²) in [7, 11) is 0. The number of aromatic nitrogens is 4. The van der Waals surface area contributed by atoms with Gasteiger partial charge in [0.25, 0.3) is 0 Å². The van der Waals surface area contributed by atoms with E-state index in [0.717, 1.165) is 5.56 Å². The molecule has 0 saturated heterocycles. The van der Waals surface area contributed by atoms with Gasteiger partial charge in [-0.25, -0.2) is 4.68 Å². The van der Waals surface area contributed by atoms with E-state index in [1.165, 1.54) is 0 Å². The molecule has 0 aliphatic rings. The van der Waals surface area contributed by atoms with Gasteiger partial charge in [-0.1, -0.05) is 5.21 Å². The molecule has 0 saturated carbocycles. The predicted molar refractivity (Wildman–Crippen MR) is 77.8 cm³/mol. The molecule has 0 aliphatic heterocycles. The summed E-state index contributed by atoms with van der Waals surface area (Å²) in [5, 5.41) is 17.1. The molecule has 0 fully saturated rings. The largest absolute Gasteiger partial charge is 0.366 e. The predicted octanol–water partition coefficient (Wildman–Crippen LogP) is 1.30. The zero-order chi connectivity index (χ0) is 15.5. The summed E-state index contributed by atoms with van der Waals surface area (Å²) in [5.74, 6) is -0.503. The van der Waals surface area contributed by atoms with Gasteiger partial charge in [-0.2, -0.15) is 5.26 Å². The van der Waals surface area contributed by atoms with Gasteiger partial charge in [-0.3, -0.25) is 9.78 Å². The van der Waals surface area contributed by atoms with Gasteiger partial charge in [0, 0.05) is 23.5 Å². The van der Waals surface area contributed by atoms with Crippen LogP contribution in [0.4, 0.5) is 0 Å². The monoisotopic (exact) mass is 290 g/mol. The highest BCUT2D eigenvalue weighted by atomic mass is 16.1. The van der Waals surface area contributed by atoms with E-state index in [4.69, 9.17) is 5.73 Å². The maximum absolute atomic E-state index is 11.1. The summed E-state index contributed by atoms with van der Waals surface area (Å²) >= 11 is 0. The Morgan fingerprint density at radius 3 is 2.41 bits per heavy atom. The highest BCUT2D eigenvalue weighted by Gasteiger charge is 2.16. The number of hydrogen-bond donors (Lipinski definition) is 1. The third-order valence-corrected chi connectivity index (χ3v) is 3.13. The molecular weight excluding hydrogens is 280 g/mol. The van der Waals surface area contributed by atoms with Crippen LogP contribution in [0.2, 0.25) is 0 Å². The molecule has 22 heavy (non-hydrogen) atoms. The van der Waals surface area contributed by atoms with Crippen LogP contribution in [-0.2, 0) is 0 Å². The van der Waals surface area contributed by atoms with Crippen molar-refractivity contribution in [3.63, 3.8) is 0 Å². The molecule has 106 valence electrons. The fourth-order valence-electron chi connectivity index (χ4n) is 2.07. The van der Waals surface area contributed by atoms with Crippen LogP contribution in [0.5, 0.6) is 0 Å². The second-order valence-corrected chi connectivity index (χ2v) is 4.46. The Balaban J connectivity index is 2.14. The number of carbonyl (C=O) groups is 1. The lowest BCUT2D eigenvalue weighted by Gasteiger charge is -2.07. The molecule has 0 spiro atoms. The normalized spacial score (nSPS) is 10.1. The average molecular weight is 290 g/mol. The lowest BCUT2D eigenvalue weighted by atomic mass is 10.1. The van der Waals surface area contributed by atoms with Crippen molar-refractivity contribution in [2.75, 3.05) is 0 Å². The summed E-state index contributed by atoms with van der Waals surface area (Å²) in [5.41, 5.74) is 7.85. The van der Waals surface area contributed by atoms with Crippen molar-refractivity contribution in [2.24, 2.45) is 5.73 Å². The zero-order valence-electron chi connectivity index (χ0n) is 11.3. The van der Waals surface area contributed by atoms with E-state index in [0.29, 0.717) is 16.9 Å². The van der Waals surface area contributed by atoms with Crippen molar-refractivity contribution < 1.29 is 4.79 Å². The first-order valence-electron chi connectivity index (χ1n) is 6.37. The lowest BCUT2D eigenvalue weighted by Crippen LogP contribution is -2.11. The second kappa shape index (κ2) is 5.46. The van der Waals surface area contributed by atoms with E-state index in [1.807, 2.05) is 6.07 Å². The molecule has 1 aromatic carbocycles. The maximum Gasteiger partial charge on any atom is 0.248 e. The first-order chi connectivity index (χ1) is 10.7. The molecule has 0 radical (unpaired) electrons. The van der Waals surface area contributed by atoms with Crippen molar-refractivity contribution in [1.82, 2.24) is 20.0 Å². The van der Waals surface area contributed by atoms with E-state index < -0.39 is 5.91 Å². The smallest absolute Gasteiger partial charge is 0.248 e. The molecule has 0 atom stereocenters. The fraction of sp³-hybridized carbons (Fsp3) is 0. The Morgan fingerprint density at radius 1 is 1.14 bits per heavy atom. The number of benzene rings is 1. The molecule has 3 rings (SSSR count). The Bertz CT molecular complexity index is 861. The van der Waals surface area contributed by atoms with Gasteiger partial charge in [0.2, 0.25) is 5.91 Å². The minimum Gasteiger partial charge on any atom is -0.366 e. The number of nitrogens with two attached hydrogens (primary N) is 1. The van der Waals surface area contributed by atoms with Gasteiger partial charge < -0.3 is 5.73 Å². The molecule has 7 nitrogen and oxygen atoms in total. The highest BCUT2D eigenvalue weighted by Crippen LogP contribution is 2.24.